The number of aromatic amines is 1. The summed E-state index contributed by atoms with van der Waals surface area (Å²) >= 11 is 0. The third-order valence-electron chi connectivity index (χ3n) is 9.18. The first-order valence-electron chi connectivity index (χ1n) is 15.5. The predicted molar refractivity (Wildman–Crippen MR) is 163 cm³/mol. The fraction of sp³-hybridized carbons (Fsp3) is 0.515. The molecule has 0 radical (unpaired) electrons. The summed E-state index contributed by atoms with van der Waals surface area (Å²) < 4.78 is 39.9. The van der Waals surface area contributed by atoms with Crippen molar-refractivity contribution < 1.29 is 22.8 Å². The van der Waals surface area contributed by atoms with Crippen molar-refractivity contribution in [1.82, 2.24) is 30.8 Å². The second-order valence-corrected chi connectivity index (χ2v) is 13.1. The molecule has 1 saturated carbocycles. The van der Waals surface area contributed by atoms with Gasteiger partial charge in [0.25, 0.3) is 11.8 Å². The lowest BCUT2D eigenvalue weighted by atomic mass is 9.69. The third-order valence-corrected chi connectivity index (χ3v) is 9.18. The van der Waals surface area contributed by atoms with Gasteiger partial charge in [-0.25, -0.2) is 0 Å². The Morgan fingerprint density at radius 3 is 2.29 bits per heavy atom. The van der Waals surface area contributed by atoms with Gasteiger partial charge < -0.3 is 10.2 Å². The van der Waals surface area contributed by atoms with E-state index in [1.54, 1.807) is 12.1 Å². The van der Waals surface area contributed by atoms with E-state index in [9.17, 15) is 22.8 Å². The molecule has 240 valence electrons. The molecule has 45 heavy (non-hydrogen) atoms. The smallest absolute Gasteiger partial charge is 0.345 e. The summed E-state index contributed by atoms with van der Waals surface area (Å²) in [6.07, 6.45) is 1.10. The van der Waals surface area contributed by atoms with Crippen LogP contribution >= 0.6 is 0 Å². The zero-order valence-electron chi connectivity index (χ0n) is 26.1. The normalized spacial score (nSPS) is 21.2. The van der Waals surface area contributed by atoms with Gasteiger partial charge in [0.15, 0.2) is 5.82 Å². The minimum atomic E-state index is -4.47. The maximum absolute atomic E-state index is 14.4. The van der Waals surface area contributed by atoms with Crippen molar-refractivity contribution in [2.45, 2.75) is 97.1 Å². The highest BCUT2D eigenvalue weighted by Crippen LogP contribution is 2.50. The maximum atomic E-state index is 14.4. The number of rotatable bonds is 9. The summed E-state index contributed by atoms with van der Waals surface area (Å²) in [4.78, 5) is 34.2. The van der Waals surface area contributed by atoms with Crippen molar-refractivity contribution in [3.63, 3.8) is 0 Å². The first-order chi connectivity index (χ1) is 21.3. The van der Waals surface area contributed by atoms with Crippen LogP contribution in [0, 0.1) is 11.3 Å². The average molecular weight is 624 g/mol. The van der Waals surface area contributed by atoms with Gasteiger partial charge in [0.05, 0.1) is 18.2 Å². The Morgan fingerprint density at radius 1 is 1.07 bits per heavy atom. The predicted octanol–water partition coefficient (Wildman–Crippen LogP) is 6.64. The van der Waals surface area contributed by atoms with E-state index in [2.05, 4.69) is 53.6 Å². The van der Waals surface area contributed by atoms with E-state index >= 15 is 0 Å². The number of hydrogen-bond acceptors (Lipinski definition) is 6. The standard InChI is InChI=1S/C33H40F3N7O2/c1-5-6-7-26(21-8-10-23(11-9-21)29(44)37-20-27-39-41-42-40-27)43-30(45)28(22-12-14-25(15-13-22)33(34,35)36)38-32(43)18-16-24(17-19-32)31(2,3)4/h8-15,24,26H,5-7,16-20H2,1-4H3,(H,37,44)(H,39,40,41,42)/t24?,26-,32?/m1/s1. The number of halogens is 3. The van der Waals surface area contributed by atoms with Crippen molar-refractivity contribution in [2.24, 2.45) is 16.3 Å². The van der Waals surface area contributed by atoms with E-state index in [1.165, 1.54) is 12.1 Å². The molecule has 2 aromatic carbocycles. The molecule has 1 aliphatic carbocycles. The SMILES string of the molecule is CCCC[C@H](c1ccc(C(=O)NCc2nn[nH]n2)cc1)N1C(=O)C(c2ccc(C(F)(F)F)cc2)=NC12CCC(C(C)(C)C)CC2. The van der Waals surface area contributed by atoms with Crippen LogP contribution in [0.4, 0.5) is 13.2 Å². The van der Waals surface area contributed by atoms with E-state index in [0.29, 0.717) is 42.1 Å². The lowest BCUT2D eigenvalue weighted by Gasteiger charge is -2.47. The van der Waals surface area contributed by atoms with Crippen molar-refractivity contribution in [2.75, 3.05) is 0 Å². The minimum absolute atomic E-state index is 0.108. The zero-order valence-corrected chi connectivity index (χ0v) is 26.1. The average Bonchev–Trinajstić information content (AvgIpc) is 3.63. The van der Waals surface area contributed by atoms with Gasteiger partial charge in [-0.05, 0) is 73.3 Å². The van der Waals surface area contributed by atoms with Gasteiger partial charge >= 0.3 is 6.18 Å². The molecular weight excluding hydrogens is 583 g/mol. The summed E-state index contributed by atoms with van der Waals surface area (Å²) in [5.41, 5.74) is 0.468. The van der Waals surface area contributed by atoms with Crippen molar-refractivity contribution in [3.8, 4) is 0 Å². The summed E-state index contributed by atoms with van der Waals surface area (Å²) in [6, 6.07) is 11.6. The Labute approximate surface area is 261 Å². The Hall–Kier alpha value is -4.09. The Kier molecular flexibility index (Phi) is 9.14. The fourth-order valence-electron chi connectivity index (χ4n) is 6.57. The molecule has 0 bridgehead atoms. The van der Waals surface area contributed by atoms with Gasteiger partial charge in [-0.2, -0.15) is 18.4 Å². The number of alkyl halides is 3. The van der Waals surface area contributed by atoms with E-state index in [4.69, 9.17) is 4.99 Å². The molecule has 1 spiro atoms. The van der Waals surface area contributed by atoms with Crippen LogP contribution in [0.5, 0.6) is 0 Å². The molecular formula is C33H40F3N7O2. The van der Waals surface area contributed by atoms with Crippen LogP contribution in [-0.4, -0.2) is 48.7 Å². The number of benzene rings is 2. The van der Waals surface area contributed by atoms with E-state index in [-0.39, 0.29) is 35.5 Å². The summed E-state index contributed by atoms with van der Waals surface area (Å²) in [6.45, 7) is 8.91. The number of carbonyl (C=O) groups is 2. The molecule has 12 heteroatoms. The van der Waals surface area contributed by atoms with Gasteiger partial charge in [0.2, 0.25) is 0 Å². The van der Waals surface area contributed by atoms with Crippen molar-refractivity contribution >= 4 is 17.5 Å². The van der Waals surface area contributed by atoms with Crippen LogP contribution in [0.1, 0.15) is 112 Å². The summed E-state index contributed by atoms with van der Waals surface area (Å²) in [7, 11) is 0. The number of nitrogens with one attached hydrogen (secondary N) is 2. The van der Waals surface area contributed by atoms with E-state index in [0.717, 1.165) is 43.4 Å². The molecule has 2 aliphatic rings. The Balaban J connectivity index is 1.47. The lowest BCUT2D eigenvalue weighted by molar-refractivity contribution is -0.137. The second kappa shape index (κ2) is 12.7. The topological polar surface area (TPSA) is 116 Å². The van der Waals surface area contributed by atoms with Crippen LogP contribution in [0.25, 0.3) is 0 Å². The first kappa shape index (κ1) is 32.3. The van der Waals surface area contributed by atoms with Crippen molar-refractivity contribution in [3.05, 3.63) is 76.6 Å². The Morgan fingerprint density at radius 2 is 1.73 bits per heavy atom. The quantitative estimate of drug-likeness (QED) is 0.277. The van der Waals surface area contributed by atoms with Gasteiger partial charge in [-0.15, -0.1) is 10.2 Å². The summed E-state index contributed by atoms with van der Waals surface area (Å²) in [5, 5.41) is 16.3. The van der Waals surface area contributed by atoms with Crippen LogP contribution in [0.15, 0.2) is 53.5 Å². The highest BCUT2D eigenvalue weighted by Gasteiger charge is 2.52. The lowest BCUT2D eigenvalue weighted by Crippen LogP contribution is -2.51. The maximum Gasteiger partial charge on any atom is 0.416 e. The number of hydrogen-bond donors (Lipinski definition) is 2. The largest absolute Gasteiger partial charge is 0.416 e. The van der Waals surface area contributed by atoms with Gasteiger partial charge in [-0.3, -0.25) is 14.6 Å². The number of aliphatic imine (C=N–C) groups is 1. The van der Waals surface area contributed by atoms with E-state index in [1.807, 2.05) is 17.0 Å². The molecule has 0 saturated heterocycles. The van der Waals surface area contributed by atoms with Gasteiger partial charge in [0.1, 0.15) is 11.4 Å². The highest BCUT2D eigenvalue weighted by molar-refractivity contribution is 6.46. The minimum Gasteiger partial charge on any atom is -0.345 e. The number of H-pyrrole nitrogens is 1. The highest BCUT2D eigenvalue weighted by atomic mass is 19.4. The molecule has 2 heterocycles. The van der Waals surface area contributed by atoms with Crippen LogP contribution in [0.3, 0.4) is 0 Å². The molecule has 1 aliphatic heterocycles. The molecule has 1 aromatic heterocycles. The number of carbonyl (C=O) groups excluding carboxylic acids is 2. The molecule has 2 N–H and O–H groups in total. The fourth-order valence-corrected chi connectivity index (χ4v) is 6.57. The van der Waals surface area contributed by atoms with Gasteiger partial charge in [0, 0.05) is 11.1 Å². The number of nitrogens with zero attached hydrogens (tertiary/aromatic N) is 5. The Bertz CT molecular complexity index is 1500. The second-order valence-electron chi connectivity index (χ2n) is 13.1. The molecule has 9 nitrogen and oxygen atoms in total. The number of tetrazole rings is 1. The molecule has 5 rings (SSSR count). The van der Waals surface area contributed by atoms with Crippen LogP contribution in [-0.2, 0) is 17.5 Å². The third kappa shape index (κ3) is 6.94. The molecule has 0 unspecified atom stereocenters. The number of unbranched alkanes of at least 4 members (excludes halogenated alkanes) is 1. The van der Waals surface area contributed by atoms with Crippen LogP contribution in [0.2, 0.25) is 0 Å². The van der Waals surface area contributed by atoms with Gasteiger partial charge in [-0.1, -0.05) is 70.0 Å². The zero-order chi connectivity index (χ0) is 32.4. The molecule has 2 amide bonds. The molecule has 1 atom stereocenters. The molecule has 3 aromatic rings. The van der Waals surface area contributed by atoms with Crippen LogP contribution < -0.4 is 5.32 Å². The number of amides is 2. The van der Waals surface area contributed by atoms with E-state index < -0.39 is 17.4 Å². The first-order valence-corrected chi connectivity index (χ1v) is 15.5. The van der Waals surface area contributed by atoms with Crippen molar-refractivity contribution in [1.29, 1.82) is 0 Å². The molecule has 1 fully saturated rings. The number of aromatic nitrogens is 4. The summed E-state index contributed by atoms with van der Waals surface area (Å²) in [5.74, 6) is 0.262. The monoisotopic (exact) mass is 623 g/mol.